The molecule has 0 aliphatic carbocycles. The zero-order valence-corrected chi connectivity index (χ0v) is 27.5. The minimum atomic E-state index is -3.67. The predicted molar refractivity (Wildman–Crippen MR) is 169 cm³/mol. The Morgan fingerprint density at radius 3 is 2.02 bits per heavy atom. The van der Waals surface area contributed by atoms with E-state index >= 15 is 0 Å². The zero-order chi connectivity index (χ0) is 33.8. The normalized spacial score (nSPS) is 16.6. The van der Waals surface area contributed by atoms with E-state index in [1.165, 1.54) is 19.9 Å². The highest BCUT2D eigenvalue weighted by molar-refractivity contribution is 7.85. The summed E-state index contributed by atoms with van der Waals surface area (Å²) < 4.78 is 51.0. The third-order valence-corrected chi connectivity index (χ3v) is 7.30. The number of carbonyl (C=O) groups is 2. The van der Waals surface area contributed by atoms with Gasteiger partial charge >= 0.3 is 6.03 Å². The quantitative estimate of drug-likeness (QED) is 0.232. The van der Waals surface area contributed by atoms with Crippen molar-refractivity contribution in [1.29, 1.82) is 0 Å². The van der Waals surface area contributed by atoms with Crippen LogP contribution in [-0.4, -0.2) is 70.4 Å². The van der Waals surface area contributed by atoms with Gasteiger partial charge in [0.25, 0.3) is 16.0 Å². The highest BCUT2D eigenvalue weighted by Crippen LogP contribution is 2.38. The maximum Gasteiger partial charge on any atom is 0.326 e. The highest BCUT2D eigenvalue weighted by Gasteiger charge is 2.44. The molecule has 0 radical (unpaired) electrons. The standard InChI is InChI=1S/C29H37FN6O4.CH4O3S/c1-27(2)15-21(16-28(3,4)36(27)7)39-20-12-13-22(31-17-20)25(37)32-18-8-10-19(11-9-18)33-26(38)34-24-14-23(35-40-24)29(5,6)30;1-5(2,3)4/h8-14,17,21H,15-16H2,1-7H3,(H,32,37)(H2,33,34,38);1H3,(H,2,3,4). The largest absolute Gasteiger partial charge is 0.489 e. The summed E-state index contributed by atoms with van der Waals surface area (Å²) >= 11 is 0. The van der Waals surface area contributed by atoms with Gasteiger partial charge in [0.2, 0.25) is 5.88 Å². The van der Waals surface area contributed by atoms with Crippen molar-refractivity contribution in [3.63, 3.8) is 0 Å². The van der Waals surface area contributed by atoms with Crippen LogP contribution in [0.2, 0.25) is 0 Å². The number of nitrogens with zero attached hydrogens (tertiary/aromatic N) is 3. The molecule has 1 aromatic carbocycles. The van der Waals surface area contributed by atoms with Crippen LogP contribution in [0, 0.1) is 0 Å². The van der Waals surface area contributed by atoms with Gasteiger partial charge in [-0.1, -0.05) is 5.16 Å². The minimum Gasteiger partial charge on any atom is -0.489 e. The lowest BCUT2D eigenvalue weighted by molar-refractivity contribution is -0.0557. The number of amides is 3. The van der Waals surface area contributed by atoms with Gasteiger partial charge < -0.3 is 19.9 Å². The summed E-state index contributed by atoms with van der Waals surface area (Å²) in [7, 11) is -1.52. The second-order valence-electron chi connectivity index (χ2n) is 12.6. The fourth-order valence-electron chi connectivity index (χ4n) is 4.86. The lowest BCUT2D eigenvalue weighted by Gasteiger charge is -2.53. The molecule has 1 fully saturated rings. The van der Waals surface area contributed by atoms with E-state index in [-0.39, 0.29) is 40.4 Å². The fraction of sp³-hybridized carbons (Fsp3) is 0.467. The van der Waals surface area contributed by atoms with Crippen molar-refractivity contribution in [2.75, 3.05) is 29.3 Å². The highest BCUT2D eigenvalue weighted by atomic mass is 32.2. The van der Waals surface area contributed by atoms with Crippen LogP contribution in [0.15, 0.2) is 53.2 Å². The molecule has 0 spiro atoms. The number of anilines is 3. The Kier molecular flexibility index (Phi) is 10.6. The van der Waals surface area contributed by atoms with Crippen LogP contribution in [0.5, 0.6) is 5.75 Å². The topological polar surface area (TPSA) is 176 Å². The molecule has 0 bridgehead atoms. The van der Waals surface area contributed by atoms with E-state index in [1.54, 1.807) is 42.6 Å². The van der Waals surface area contributed by atoms with Gasteiger partial charge in [0.15, 0.2) is 5.67 Å². The molecule has 1 aliphatic rings. The average molecular weight is 649 g/mol. The van der Waals surface area contributed by atoms with Crippen molar-refractivity contribution in [3.8, 4) is 5.75 Å². The lowest BCUT2D eigenvalue weighted by Crippen LogP contribution is -2.60. The summed E-state index contributed by atoms with van der Waals surface area (Å²) in [6.07, 6.45) is 4.12. The first-order valence-corrected chi connectivity index (χ1v) is 15.9. The molecule has 45 heavy (non-hydrogen) atoms. The third kappa shape index (κ3) is 10.8. The zero-order valence-electron chi connectivity index (χ0n) is 26.6. The smallest absolute Gasteiger partial charge is 0.326 e. The number of nitrogens with one attached hydrogen (secondary N) is 3. The van der Waals surface area contributed by atoms with E-state index < -0.39 is 21.8 Å². The lowest BCUT2D eigenvalue weighted by atomic mass is 9.79. The molecular weight excluding hydrogens is 607 g/mol. The summed E-state index contributed by atoms with van der Waals surface area (Å²) in [5.74, 6) is 0.273. The first-order chi connectivity index (χ1) is 20.6. The van der Waals surface area contributed by atoms with Crippen LogP contribution in [0.3, 0.4) is 0 Å². The van der Waals surface area contributed by atoms with Crippen LogP contribution in [0.25, 0.3) is 0 Å². The van der Waals surface area contributed by atoms with Gasteiger partial charge in [-0.15, -0.1) is 0 Å². The number of pyridine rings is 1. The van der Waals surface area contributed by atoms with Crippen molar-refractivity contribution in [1.82, 2.24) is 15.0 Å². The molecular formula is C30H41FN6O7S. The van der Waals surface area contributed by atoms with Gasteiger partial charge in [-0.2, -0.15) is 8.42 Å². The molecule has 2 aromatic heterocycles. The fourth-order valence-corrected chi connectivity index (χ4v) is 4.86. The molecule has 13 nitrogen and oxygen atoms in total. The molecule has 4 N–H and O–H groups in total. The molecule has 1 saturated heterocycles. The van der Waals surface area contributed by atoms with Crippen molar-refractivity contribution < 1.29 is 36.2 Å². The monoisotopic (exact) mass is 648 g/mol. The van der Waals surface area contributed by atoms with Crippen molar-refractivity contribution in [2.45, 2.75) is 77.2 Å². The molecule has 246 valence electrons. The van der Waals surface area contributed by atoms with Gasteiger partial charge in [-0.05, 0) is 85.0 Å². The number of likely N-dealkylation sites (tertiary alicyclic amines) is 1. The Balaban J connectivity index is 0.00000102. The van der Waals surface area contributed by atoms with E-state index in [2.05, 4.69) is 65.7 Å². The molecule has 4 rings (SSSR count). The third-order valence-electron chi connectivity index (χ3n) is 7.30. The predicted octanol–water partition coefficient (Wildman–Crippen LogP) is 5.70. The number of hydrogen-bond donors (Lipinski definition) is 4. The van der Waals surface area contributed by atoms with Gasteiger partial charge in [-0.3, -0.25) is 19.6 Å². The number of ether oxygens (including phenoxy) is 1. The van der Waals surface area contributed by atoms with E-state index in [1.807, 2.05) is 0 Å². The SMILES string of the molecule is CN1C(C)(C)CC(Oc2ccc(C(=O)Nc3ccc(NC(=O)Nc4cc(C(C)(C)F)no4)cc3)nc2)CC1(C)C.CS(=O)(=O)O. The second-order valence-corrected chi connectivity index (χ2v) is 14.1. The van der Waals surface area contributed by atoms with Crippen LogP contribution >= 0.6 is 0 Å². The van der Waals surface area contributed by atoms with Crippen LogP contribution in [0.1, 0.15) is 70.6 Å². The Morgan fingerprint density at radius 2 is 1.56 bits per heavy atom. The van der Waals surface area contributed by atoms with Crippen LogP contribution in [-0.2, 0) is 15.8 Å². The molecule has 0 saturated carbocycles. The van der Waals surface area contributed by atoms with Crippen LogP contribution in [0.4, 0.5) is 26.4 Å². The summed E-state index contributed by atoms with van der Waals surface area (Å²) in [5, 5.41) is 11.5. The number of hydrogen-bond acceptors (Lipinski definition) is 9. The second kappa shape index (κ2) is 13.5. The summed E-state index contributed by atoms with van der Waals surface area (Å²) in [4.78, 5) is 31.6. The summed E-state index contributed by atoms with van der Waals surface area (Å²) in [6.45, 7) is 11.6. The number of alkyl halides is 1. The number of halogens is 1. The van der Waals surface area contributed by atoms with Crippen molar-refractivity contribution in [2.24, 2.45) is 0 Å². The Morgan fingerprint density at radius 1 is 1.02 bits per heavy atom. The number of rotatable bonds is 7. The van der Waals surface area contributed by atoms with Gasteiger partial charge in [0.05, 0.1) is 12.5 Å². The van der Waals surface area contributed by atoms with E-state index in [0.717, 1.165) is 12.8 Å². The van der Waals surface area contributed by atoms with Crippen LogP contribution < -0.4 is 20.7 Å². The number of aromatic nitrogens is 2. The Bertz CT molecular complexity index is 1560. The summed E-state index contributed by atoms with van der Waals surface area (Å²) in [6, 6.07) is 10.7. The average Bonchev–Trinajstić information content (AvgIpc) is 3.36. The molecule has 0 unspecified atom stereocenters. The molecule has 3 aromatic rings. The van der Waals surface area contributed by atoms with Crippen molar-refractivity contribution in [3.05, 3.63) is 60.0 Å². The molecule has 0 atom stereocenters. The van der Waals surface area contributed by atoms with E-state index in [9.17, 15) is 22.4 Å². The van der Waals surface area contributed by atoms with Gasteiger partial charge in [-0.25, -0.2) is 14.2 Å². The maximum absolute atomic E-state index is 13.9. The number of urea groups is 1. The number of carbonyl (C=O) groups excluding carboxylic acids is 2. The Hall–Kier alpha value is -4.08. The van der Waals surface area contributed by atoms with Crippen molar-refractivity contribution >= 4 is 39.3 Å². The first kappa shape index (κ1) is 35.4. The van der Waals surface area contributed by atoms with Gasteiger partial charge in [0.1, 0.15) is 23.2 Å². The first-order valence-electron chi connectivity index (χ1n) is 14.1. The molecule has 15 heteroatoms. The number of piperidine rings is 1. The summed E-state index contributed by atoms with van der Waals surface area (Å²) in [5.41, 5.74) is -0.357. The molecule has 1 aliphatic heterocycles. The maximum atomic E-state index is 13.9. The van der Waals surface area contributed by atoms with Gasteiger partial charge in [0, 0.05) is 41.4 Å². The molecule has 3 heterocycles. The minimum absolute atomic E-state index is 0.00307. The van der Waals surface area contributed by atoms with E-state index in [0.29, 0.717) is 23.4 Å². The number of benzene rings is 1. The molecule has 3 amide bonds. The van der Waals surface area contributed by atoms with E-state index in [4.69, 9.17) is 13.8 Å². The Labute approximate surface area is 262 Å².